The highest BCUT2D eigenvalue weighted by atomic mass is 33.1. The number of carbonyl (C=O) groups excluding carboxylic acids is 13. The van der Waals surface area contributed by atoms with E-state index in [-0.39, 0.29) is 91.7 Å². The number of urea groups is 1. The molecule has 0 saturated carbocycles. The van der Waals surface area contributed by atoms with E-state index in [1.807, 2.05) is 0 Å². The number of thioether (sulfide) groups is 1. The van der Waals surface area contributed by atoms with Gasteiger partial charge in [-0.3, -0.25) is 57.5 Å². The lowest BCUT2D eigenvalue weighted by Gasteiger charge is -2.31. The molecule has 14 amide bonds. The van der Waals surface area contributed by atoms with Gasteiger partial charge >= 0.3 is 6.03 Å². The van der Waals surface area contributed by atoms with Gasteiger partial charge in [-0.05, 0) is 74.6 Å². The zero-order valence-corrected chi connectivity index (χ0v) is 50.4. The van der Waals surface area contributed by atoms with E-state index in [0.29, 0.717) is 43.2 Å². The zero-order chi connectivity index (χ0) is 63.0. The summed E-state index contributed by atoms with van der Waals surface area (Å²) in [6, 6.07) is 4.50. The van der Waals surface area contributed by atoms with Gasteiger partial charge in [0.2, 0.25) is 70.9 Å². The van der Waals surface area contributed by atoms with Crippen LogP contribution in [-0.4, -0.2) is 183 Å². The third kappa shape index (κ3) is 22.5. The first-order chi connectivity index (χ1) is 41.6. The molecule has 4 saturated heterocycles. The number of primary amides is 3. The van der Waals surface area contributed by atoms with Crippen LogP contribution in [0.25, 0.3) is 0 Å². The molecule has 0 radical (unpaired) electrons. The number of amides is 14. The van der Waals surface area contributed by atoms with Crippen molar-refractivity contribution in [3.63, 3.8) is 0 Å². The molecular formula is C56H78N14O14S3. The number of nitrogens with zero attached hydrogens (tertiary/aromatic N) is 1. The molecular weight excluding hydrogens is 1190 g/mol. The Morgan fingerprint density at radius 3 is 2.02 bits per heavy atom. The first-order valence-electron chi connectivity index (χ1n) is 28.9. The molecule has 2 aromatic carbocycles. The summed E-state index contributed by atoms with van der Waals surface area (Å²) in [4.78, 5) is 175. The van der Waals surface area contributed by atoms with E-state index in [1.54, 1.807) is 54.2 Å². The summed E-state index contributed by atoms with van der Waals surface area (Å²) >= 11 is 1.80. The van der Waals surface area contributed by atoms with Gasteiger partial charge in [0.15, 0.2) is 0 Å². The molecule has 87 heavy (non-hydrogen) atoms. The number of phenolic OH excluding ortho intramolecular Hbond substituents is 1. The fourth-order valence-electron chi connectivity index (χ4n) is 10.3. The van der Waals surface area contributed by atoms with Crippen LogP contribution in [0.1, 0.15) is 94.6 Å². The Kier molecular flexibility index (Phi) is 27.1. The number of hydrogen-bond acceptors (Lipinski definition) is 17. The first kappa shape index (κ1) is 68.3. The average Bonchev–Trinajstić information content (AvgIpc) is 2.26. The number of carbonyl (C=O) groups is 13. The standard InChI is InChI=1S/C56H78N14O14S3/c57-43(72)20-19-35-50(78)66-38(27-44(58)73)53(81)67-40(30-87-86-24-21-47(76)62-36(26-32-15-17-33(71)18-16-32)51(79)65-37(52(80)63-35)25-31-9-2-1-3-10-31)55(83)70-23-8-12-41(70)54(82)64-34(49(77)61-28-45(59)74)11-6-7-22-60-46(75)14-5-4-13-42-48-39(29-85-42)68-56(84)69-48/h1-3,9-10,15-18,34-42,48,71H,4-8,11-14,19-30H2,(H2,57,72)(H2,58,73)(H2,59,74)(H,60,75)(H,61,77)(H,62,76)(H,63,80)(H,64,82)(H,65,79)(H,66,78)(H,67,81)(H2,68,69,84). The van der Waals surface area contributed by atoms with Crippen LogP contribution in [-0.2, 0) is 70.4 Å². The molecule has 28 nitrogen and oxygen atoms in total. The van der Waals surface area contributed by atoms with E-state index >= 15 is 0 Å². The third-order valence-corrected chi connectivity index (χ3v) is 18.8. The lowest BCUT2D eigenvalue weighted by molar-refractivity contribution is -0.142. The lowest BCUT2D eigenvalue weighted by atomic mass is 10.0. The second-order valence-electron chi connectivity index (χ2n) is 21.6. The number of phenols is 1. The summed E-state index contributed by atoms with van der Waals surface area (Å²) in [5, 5.41) is 37.1. The summed E-state index contributed by atoms with van der Waals surface area (Å²) in [6.07, 6.45) is 1.80. The van der Waals surface area contributed by atoms with E-state index in [2.05, 4.69) is 53.2 Å². The summed E-state index contributed by atoms with van der Waals surface area (Å²) < 4.78 is 0. The fourth-order valence-corrected chi connectivity index (χ4v) is 14.0. The molecule has 0 aliphatic carbocycles. The fraction of sp³-hybridized carbons (Fsp3) is 0.554. The van der Waals surface area contributed by atoms with Gasteiger partial charge < -0.3 is 80.4 Å². The highest BCUT2D eigenvalue weighted by Crippen LogP contribution is 2.33. The highest BCUT2D eigenvalue weighted by molar-refractivity contribution is 8.76. The van der Waals surface area contributed by atoms with Crippen LogP contribution < -0.4 is 70.4 Å². The monoisotopic (exact) mass is 1270 g/mol. The Labute approximate surface area is 514 Å². The normalized spacial score (nSPS) is 24.2. The molecule has 4 fully saturated rings. The largest absolute Gasteiger partial charge is 0.508 e. The van der Waals surface area contributed by atoms with Crippen molar-refractivity contribution < 1.29 is 67.4 Å². The van der Waals surface area contributed by atoms with Gasteiger partial charge in [0.1, 0.15) is 48.0 Å². The van der Waals surface area contributed by atoms with Crippen LogP contribution in [0.5, 0.6) is 5.75 Å². The van der Waals surface area contributed by atoms with Gasteiger partial charge in [-0.2, -0.15) is 11.8 Å². The predicted molar refractivity (Wildman–Crippen MR) is 323 cm³/mol. The zero-order valence-electron chi connectivity index (χ0n) is 48.0. The van der Waals surface area contributed by atoms with E-state index in [9.17, 15) is 67.4 Å². The van der Waals surface area contributed by atoms with Gasteiger partial charge in [-0.1, -0.05) is 70.5 Å². The van der Waals surface area contributed by atoms with Crippen molar-refractivity contribution >= 4 is 110 Å². The number of benzene rings is 2. The van der Waals surface area contributed by atoms with Crippen LogP contribution >= 0.6 is 33.3 Å². The second-order valence-corrected chi connectivity index (χ2v) is 25.5. The van der Waals surface area contributed by atoms with Crippen molar-refractivity contribution in [2.45, 2.75) is 156 Å². The van der Waals surface area contributed by atoms with Gasteiger partial charge in [-0.25, -0.2) is 4.79 Å². The van der Waals surface area contributed by atoms with E-state index in [4.69, 9.17) is 17.2 Å². The van der Waals surface area contributed by atoms with E-state index in [1.165, 1.54) is 17.0 Å². The van der Waals surface area contributed by atoms with Crippen LogP contribution in [0.2, 0.25) is 0 Å². The molecule has 2 aromatic rings. The maximum atomic E-state index is 14.8. The lowest BCUT2D eigenvalue weighted by Crippen LogP contribution is -2.61. The molecule has 31 heteroatoms. The Hall–Kier alpha value is -7.80. The van der Waals surface area contributed by atoms with Gasteiger partial charge in [-0.15, -0.1) is 0 Å². The number of nitrogens with two attached hydrogens (primary N) is 3. The van der Waals surface area contributed by atoms with Crippen molar-refractivity contribution in [1.82, 2.24) is 58.1 Å². The number of nitrogens with one attached hydrogen (secondary N) is 10. The number of aromatic hydroxyl groups is 1. The van der Waals surface area contributed by atoms with Crippen LogP contribution in [0.15, 0.2) is 54.6 Å². The third-order valence-electron chi connectivity index (χ3n) is 14.9. The maximum absolute atomic E-state index is 14.8. The van der Waals surface area contributed by atoms with Crippen LogP contribution in [0, 0.1) is 0 Å². The molecule has 474 valence electrons. The van der Waals surface area contributed by atoms with Crippen molar-refractivity contribution in [2.24, 2.45) is 17.2 Å². The summed E-state index contributed by atoms with van der Waals surface area (Å²) in [5.41, 5.74) is 17.5. The smallest absolute Gasteiger partial charge is 0.315 e. The summed E-state index contributed by atoms with van der Waals surface area (Å²) in [6.45, 7) is -0.239. The number of fused-ring (bicyclic) bond motifs is 1. The minimum Gasteiger partial charge on any atom is -0.508 e. The van der Waals surface area contributed by atoms with E-state index in [0.717, 1.165) is 40.2 Å². The number of likely N-dealkylation sites (tertiary alicyclic amines) is 1. The predicted octanol–water partition coefficient (Wildman–Crippen LogP) is -2.38. The summed E-state index contributed by atoms with van der Waals surface area (Å²) in [5.74, 6) is -8.89. The molecule has 10 atom stereocenters. The topological polar surface area (TPSA) is 444 Å². The molecule has 0 bridgehead atoms. The van der Waals surface area contributed by atoms with Gasteiger partial charge in [0, 0.05) is 67.7 Å². The van der Waals surface area contributed by atoms with Crippen molar-refractivity contribution in [2.75, 3.05) is 36.9 Å². The van der Waals surface area contributed by atoms with Gasteiger partial charge in [0.25, 0.3) is 0 Å². The molecule has 4 heterocycles. The Morgan fingerprint density at radius 2 is 1.32 bits per heavy atom. The highest BCUT2D eigenvalue weighted by Gasteiger charge is 2.43. The molecule has 4 aliphatic heterocycles. The Morgan fingerprint density at radius 1 is 0.655 bits per heavy atom. The molecule has 6 rings (SSSR count). The van der Waals surface area contributed by atoms with E-state index < -0.39 is 133 Å². The first-order valence-corrected chi connectivity index (χ1v) is 32.4. The van der Waals surface area contributed by atoms with Crippen molar-refractivity contribution in [3.8, 4) is 5.75 Å². The Bertz CT molecular complexity index is 2810. The van der Waals surface area contributed by atoms with Crippen molar-refractivity contribution in [3.05, 3.63) is 65.7 Å². The average molecular weight is 1270 g/mol. The molecule has 17 N–H and O–H groups in total. The Balaban J connectivity index is 1.16. The SMILES string of the molecule is NC(=O)CCC1NC(=O)C(Cc2ccccc2)NC(=O)C(Cc2ccc(O)cc2)NC(=O)CCSSCC(C(=O)N2CCCC2C(=O)NC(CCCCNC(=O)CCCCC2SCC3NC(=O)NC32)C(=O)NCC(N)=O)NC(=O)C(CC(N)=O)NC1=O. The quantitative estimate of drug-likeness (QED) is 0.0280. The number of rotatable bonds is 25. The number of unbranched alkanes of at least 4 members (excludes halogenated alkanes) is 2. The van der Waals surface area contributed by atoms with Crippen LogP contribution in [0.3, 0.4) is 0 Å². The molecule has 4 aliphatic rings. The maximum Gasteiger partial charge on any atom is 0.315 e. The van der Waals surface area contributed by atoms with Gasteiger partial charge in [0.05, 0.1) is 25.0 Å². The molecule has 0 aromatic heterocycles. The molecule has 0 spiro atoms. The van der Waals surface area contributed by atoms with Crippen molar-refractivity contribution in [1.29, 1.82) is 0 Å². The minimum atomic E-state index is -1.78. The van der Waals surface area contributed by atoms with Crippen LogP contribution in [0.4, 0.5) is 4.79 Å². The number of hydrogen-bond donors (Lipinski definition) is 14. The summed E-state index contributed by atoms with van der Waals surface area (Å²) in [7, 11) is 2.19. The molecule has 10 unspecified atom stereocenters. The minimum absolute atomic E-state index is 0.0164. The second kappa shape index (κ2) is 34.5.